The molecule has 4 heteroatoms. The summed E-state index contributed by atoms with van der Waals surface area (Å²) in [6, 6.07) is 0. The molecule has 0 aromatic heterocycles. The van der Waals surface area contributed by atoms with Gasteiger partial charge in [-0.1, -0.05) is 51.2 Å². The highest BCUT2D eigenvalue weighted by molar-refractivity contribution is 7.20. The number of hydroxylamine groups is 1. The van der Waals surface area contributed by atoms with Crippen molar-refractivity contribution in [3.8, 4) is 0 Å². The molecule has 0 unspecified atom stereocenters. The largest absolute Gasteiger partial charge is 0.374 e. The van der Waals surface area contributed by atoms with Crippen LogP contribution in [-0.4, -0.2) is 19.9 Å². The van der Waals surface area contributed by atoms with Crippen molar-refractivity contribution in [2.75, 3.05) is 6.44 Å². The summed E-state index contributed by atoms with van der Waals surface area (Å²) in [5, 5.41) is 0. The monoisotopic (exact) mass is 179 g/mol. The van der Waals surface area contributed by atoms with Gasteiger partial charge in [0.15, 0.2) is 6.60 Å². The van der Waals surface area contributed by atoms with E-state index in [4.69, 9.17) is 4.76 Å². The van der Waals surface area contributed by atoms with Crippen molar-refractivity contribution >= 4 is 13.4 Å². The topological polar surface area (TPSA) is 21.3 Å². The Kier molecular flexibility index (Phi) is 3.74. The molecule has 72 valence electrons. The Bertz CT molecular complexity index is 141. The molecule has 2 heterocycles. The fraction of sp³-hybridized carbons (Fsp3) is 1.00. The van der Waals surface area contributed by atoms with Crippen LogP contribution in [0.5, 0.6) is 0 Å². The molecule has 0 radical (unpaired) electrons. The third-order valence-electron chi connectivity index (χ3n) is 3.42. The molecular formula is C9H19B2NO. The first-order valence-electron chi connectivity index (χ1n) is 5.85. The Morgan fingerprint density at radius 3 is 2.38 bits per heavy atom. The van der Waals surface area contributed by atoms with Crippen LogP contribution < -0.4 is 5.48 Å². The van der Waals surface area contributed by atoms with Crippen molar-refractivity contribution in [1.82, 2.24) is 5.48 Å². The Morgan fingerprint density at radius 2 is 1.54 bits per heavy atom. The second-order valence-corrected chi connectivity index (χ2v) is 4.46. The number of hydrogen-bond acceptors (Lipinski definition) is 2. The summed E-state index contributed by atoms with van der Waals surface area (Å²) in [6.45, 7) is 1.33. The minimum Gasteiger partial charge on any atom is -0.374 e. The van der Waals surface area contributed by atoms with Crippen LogP contribution in [0.2, 0.25) is 12.6 Å². The lowest BCUT2D eigenvalue weighted by molar-refractivity contribution is 0.235. The lowest BCUT2D eigenvalue weighted by atomic mass is 9.15. The lowest BCUT2D eigenvalue weighted by Gasteiger charge is -2.12. The summed E-state index contributed by atoms with van der Waals surface area (Å²) in [5.41, 5.74) is 3.06. The second kappa shape index (κ2) is 5.06. The molecule has 2 nitrogen and oxygen atoms in total. The first-order valence-corrected chi connectivity index (χ1v) is 5.85. The van der Waals surface area contributed by atoms with Crippen LogP contribution in [0.25, 0.3) is 0 Å². The smallest absolute Gasteiger partial charge is 0.286 e. The number of hydrogen-bond donors (Lipinski definition) is 1. The average molecular weight is 179 g/mol. The van der Waals surface area contributed by atoms with Crippen LogP contribution in [0.4, 0.5) is 0 Å². The van der Waals surface area contributed by atoms with Crippen LogP contribution in [0.3, 0.4) is 0 Å². The first-order chi connectivity index (χ1) is 6.47. The number of fused-ring (bicyclic) bond motifs is 1. The van der Waals surface area contributed by atoms with Crippen molar-refractivity contribution < 1.29 is 4.76 Å². The quantitative estimate of drug-likeness (QED) is 0.574. The maximum absolute atomic E-state index is 5.54. The summed E-state index contributed by atoms with van der Waals surface area (Å²) < 4.78 is 5.54. The van der Waals surface area contributed by atoms with Crippen molar-refractivity contribution in [3.63, 3.8) is 0 Å². The SMILES string of the molecule is C1CCCCB2ONCB2CCC1. The van der Waals surface area contributed by atoms with Crippen molar-refractivity contribution in [2.45, 2.75) is 51.2 Å². The predicted molar refractivity (Wildman–Crippen MR) is 57.9 cm³/mol. The van der Waals surface area contributed by atoms with E-state index < -0.39 is 0 Å². The standard InChI is InChI=1S/C9H19B2NO/c1-2-4-6-8-11-10(7-5-3-1)9-12-13-11/h12H,1-9H2. The van der Waals surface area contributed by atoms with Crippen LogP contribution in [-0.2, 0) is 4.76 Å². The summed E-state index contributed by atoms with van der Waals surface area (Å²) in [6.07, 6.45) is 12.2. The van der Waals surface area contributed by atoms with E-state index in [2.05, 4.69) is 5.48 Å². The van der Waals surface area contributed by atoms with Crippen molar-refractivity contribution in [3.05, 3.63) is 0 Å². The van der Waals surface area contributed by atoms with E-state index in [-0.39, 0.29) is 0 Å². The van der Waals surface area contributed by atoms with Gasteiger partial charge in [-0.2, -0.15) is 0 Å². The third kappa shape index (κ3) is 2.75. The summed E-state index contributed by atoms with van der Waals surface area (Å²) in [5.74, 6) is 0. The minimum atomic E-state index is 0.526. The van der Waals surface area contributed by atoms with Gasteiger partial charge in [0, 0.05) is 0 Å². The molecular weight excluding hydrogens is 160 g/mol. The zero-order chi connectivity index (χ0) is 8.93. The molecule has 13 heavy (non-hydrogen) atoms. The molecule has 2 rings (SSSR count). The Balaban J connectivity index is 1.82. The predicted octanol–water partition coefficient (Wildman–Crippen LogP) is 1.98. The molecule has 0 atom stereocenters. The number of rotatable bonds is 0. The van der Waals surface area contributed by atoms with E-state index in [1.807, 2.05) is 0 Å². The Morgan fingerprint density at radius 1 is 0.846 bits per heavy atom. The molecule has 0 saturated carbocycles. The maximum Gasteiger partial charge on any atom is 0.286 e. The van der Waals surface area contributed by atoms with Crippen molar-refractivity contribution in [2.24, 2.45) is 0 Å². The molecule has 0 aromatic carbocycles. The van der Waals surface area contributed by atoms with Gasteiger partial charge < -0.3 is 4.76 Å². The van der Waals surface area contributed by atoms with Crippen LogP contribution in [0, 0.1) is 0 Å². The van der Waals surface area contributed by atoms with Crippen LogP contribution in [0.1, 0.15) is 38.5 Å². The molecule has 1 N–H and O–H groups in total. The van der Waals surface area contributed by atoms with Gasteiger partial charge in [0.05, 0.1) is 0 Å². The molecule has 0 spiro atoms. The van der Waals surface area contributed by atoms with Gasteiger partial charge in [-0.25, -0.2) is 5.48 Å². The maximum atomic E-state index is 5.54. The van der Waals surface area contributed by atoms with E-state index in [9.17, 15) is 0 Å². The second-order valence-electron chi connectivity index (χ2n) is 4.46. The minimum absolute atomic E-state index is 0.526. The molecule has 2 fully saturated rings. The van der Waals surface area contributed by atoms with Gasteiger partial charge in [-0.15, -0.1) is 0 Å². The van der Waals surface area contributed by atoms with Crippen LogP contribution >= 0.6 is 0 Å². The molecule has 0 aliphatic carbocycles. The van der Waals surface area contributed by atoms with E-state index in [1.165, 1.54) is 51.2 Å². The number of nitrogens with one attached hydrogen (secondary N) is 1. The highest BCUT2D eigenvalue weighted by Gasteiger charge is 2.35. The average Bonchev–Trinajstić information content (AvgIpc) is 2.59. The van der Waals surface area contributed by atoms with Gasteiger partial charge in [0.2, 0.25) is 0 Å². The highest BCUT2D eigenvalue weighted by atomic mass is 16.6. The molecule has 0 bridgehead atoms. The zero-order valence-electron chi connectivity index (χ0n) is 8.43. The lowest BCUT2D eigenvalue weighted by Crippen LogP contribution is -2.33. The van der Waals surface area contributed by atoms with Gasteiger partial charge in [-0.05, 0) is 6.44 Å². The summed E-state index contributed by atoms with van der Waals surface area (Å²) >= 11 is 0. The summed E-state index contributed by atoms with van der Waals surface area (Å²) in [4.78, 5) is 0. The van der Waals surface area contributed by atoms with E-state index >= 15 is 0 Å². The molecule has 0 amide bonds. The van der Waals surface area contributed by atoms with E-state index in [1.54, 1.807) is 0 Å². The van der Waals surface area contributed by atoms with E-state index in [0.717, 1.165) is 13.0 Å². The summed E-state index contributed by atoms with van der Waals surface area (Å²) in [7, 11) is 0. The first kappa shape index (κ1) is 9.60. The van der Waals surface area contributed by atoms with E-state index in [0.29, 0.717) is 6.81 Å². The van der Waals surface area contributed by atoms with Gasteiger partial charge in [0.1, 0.15) is 0 Å². The molecule has 2 aliphatic heterocycles. The normalized spacial score (nSPS) is 25.8. The molecule has 2 saturated heterocycles. The van der Waals surface area contributed by atoms with Gasteiger partial charge >= 0.3 is 0 Å². The fourth-order valence-electron chi connectivity index (χ4n) is 2.53. The van der Waals surface area contributed by atoms with Crippen molar-refractivity contribution in [1.29, 1.82) is 0 Å². The Hall–Kier alpha value is 0.0499. The van der Waals surface area contributed by atoms with Crippen LogP contribution in [0.15, 0.2) is 0 Å². The fourth-order valence-corrected chi connectivity index (χ4v) is 2.53. The molecule has 0 aromatic rings. The molecule has 2 aliphatic rings. The zero-order valence-corrected chi connectivity index (χ0v) is 8.43. The van der Waals surface area contributed by atoms with Gasteiger partial charge in [-0.3, -0.25) is 0 Å². The Labute approximate surface area is 81.9 Å². The van der Waals surface area contributed by atoms with Gasteiger partial charge in [0.25, 0.3) is 6.81 Å². The highest BCUT2D eigenvalue weighted by Crippen LogP contribution is 2.19. The third-order valence-corrected chi connectivity index (χ3v) is 3.42.